The molecule has 11 aromatic rings. The third-order valence-corrected chi connectivity index (χ3v) is 13.3. The van der Waals surface area contributed by atoms with Crippen LogP contribution in [0.4, 0.5) is 0 Å². The maximum atomic E-state index is 2.50. The molecule has 254 valence electrons. The monoisotopic (exact) mass is 706 g/mol. The van der Waals surface area contributed by atoms with Crippen molar-refractivity contribution in [1.29, 1.82) is 0 Å². The summed E-state index contributed by atoms with van der Waals surface area (Å²) in [5, 5.41) is 7.74. The van der Waals surface area contributed by atoms with Crippen molar-refractivity contribution in [1.82, 2.24) is 9.13 Å². The van der Waals surface area contributed by atoms with Crippen LogP contribution in [0.15, 0.2) is 170 Å². The first-order chi connectivity index (χ1) is 26.6. The molecule has 1 aliphatic rings. The summed E-state index contributed by atoms with van der Waals surface area (Å²) in [5.41, 5.74) is 15.3. The number of aromatic nitrogens is 2. The highest BCUT2D eigenvalue weighted by molar-refractivity contribution is 7.25. The van der Waals surface area contributed by atoms with E-state index in [2.05, 4.69) is 193 Å². The largest absolute Gasteiger partial charge is 0.309 e. The average molecular weight is 707 g/mol. The first-order valence-electron chi connectivity index (χ1n) is 18.8. The third-order valence-electron chi connectivity index (χ3n) is 12.1. The molecule has 0 fully saturated rings. The Kier molecular flexibility index (Phi) is 6.03. The van der Waals surface area contributed by atoms with Crippen molar-refractivity contribution in [3.05, 3.63) is 181 Å². The van der Waals surface area contributed by atoms with E-state index in [9.17, 15) is 0 Å². The average Bonchev–Trinajstić information content (AvgIpc) is 3.93. The predicted molar refractivity (Wildman–Crippen MR) is 231 cm³/mol. The van der Waals surface area contributed by atoms with E-state index in [0.717, 1.165) is 0 Å². The third kappa shape index (κ3) is 3.94. The van der Waals surface area contributed by atoms with Gasteiger partial charge >= 0.3 is 0 Å². The second kappa shape index (κ2) is 10.8. The molecule has 12 rings (SSSR count). The summed E-state index contributed by atoms with van der Waals surface area (Å²) in [5.74, 6) is 0. The molecule has 0 unspecified atom stereocenters. The van der Waals surface area contributed by atoms with Crippen LogP contribution < -0.4 is 0 Å². The Balaban J connectivity index is 1.11. The lowest BCUT2D eigenvalue weighted by Gasteiger charge is -2.21. The quantitative estimate of drug-likeness (QED) is 0.173. The van der Waals surface area contributed by atoms with Gasteiger partial charge in [-0.2, -0.15) is 0 Å². The van der Waals surface area contributed by atoms with Crippen molar-refractivity contribution in [3.63, 3.8) is 0 Å². The summed E-state index contributed by atoms with van der Waals surface area (Å²) in [6, 6.07) is 63.2. The Labute approximate surface area is 316 Å². The van der Waals surface area contributed by atoms with E-state index in [0.29, 0.717) is 0 Å². The lowest BCUT2D eigenvalue weighted by Crippen LogP contribution is -2.14. The van der Waals surface area contributed by atoms with Crippen LogP contribution in [0.3, 0.4) is 0 Å². The summed E-state index contributed by atoms with van der Waals surface area (Å²) in [6.07, 6.45) is 0. The van der Waals surface area contributed by atoms with Crippen molar-refractivity contribution in [3.8, 4) is 33.6 Å². The number of para-hydroxylation sites is 3. The van der Waals surface area contributed by atoms with Crippen molar-refractivity contribution in [2.75, 3.05) is 0 Å². The molecule has 0 aliphatic heterocycles. The van der Waals surface area contributed by atoms with Gasteiger partial charge < -0.3 is 9.13 Å². The zero-order valence-electron chi connectivity index (χ0n) is 30.0. The number of benzene rings is 8. The molecule has 0 N–H and O–H groups in total. The van der Waals surface area contributed by atoms with Crippen LogP contribution in [0, 0.1) is 0 Å². The normalized spacial score (nSPS) is 13.5. The molecule has 0 bridgehead atoms. The minimum absolute atomic E-state index is 0.0694. The van der Waals surface area contributed by atoms with Gasteiger partial charge in [0.15, 0.2) is 0 Å². The number of fused-ring (bicyclic) bond motifs is 13. The molecule has 8 aromatic carbocycles. The van der Waals surface area contributed by atoms with Crippen LogP contribution in [-0.4, -0.2) is 9.13 Å². The summed E-state index contributed by atoms with van der Waals surface area (Å²) >= 11 is 1.88. The Bertz CT molecular complexity index is 3300. The molecule has 3 aromatic heterocycles. The van der Waals surface area contributed by atoms with Gasteiger partial charge in [0.25, 0.3) is 0 Å². The van der Waals surface area contributed by atoms with Crippen molar-refractivity contribution >= 4 is 75.1 Å². The molecule has 0 saturated heterocycles. The molecule has 0 amide bonds. The highest BCUT2D eigenvalue weighted by atomic mass is 32.1. The van der Waals surface area contributed by atoms with E-state index in [1.165, 1.54) is 109 Å². The molecule has 3 heterocycles. The standard InChI is InChI=1S/C51H34N2S/c1-51(2)40-18-9-6-17-37(40)48-41(51)26-25-36-38-29-31(23-27-44(38)52(50(36)48)33-13-4-3-5-14-33)32-24-28-46-39(30-32)49-45(21-12-22-47(49)54-46)53-42-19-10-7-15-34(42)35-16-8-11-20-43(35)53/h3-30H,1-2H3. The van der Waals surface area contributed by atoms with Gasteiger partial charge in [0.05, 0.1) is 27.8 Å². The minimum Gasteiger partial charge on any atom is -0.309 e. The Morgan fingerprint density at radius 3 is 1.91 bits per heavy atom. The van der Waals surface area contributed by atoms with Crippen LogP contribution >= 0.6 is 11.3 Å². The Hall–Kier alpha value is -6.42. The zero-order valence-corrected chi connectivity index (χ0v) is 30.8. The smallest absolute Gasteiger partial charge is 0.0622 e. The number of rotatable bonds is 3. The van der Waals surface area contributed by atoms with Gasteiger partial charge in [-0.1, -0.05) is 123 Å². The number of hydrogen-bond donors (Lipinski definition) is 0. The van der Waals surface area contributed by atoms with E-state index in [1.54, 1.807) is 0 Å². The zero-order chi connectivity index (χ0) is 35.7. The van der Waals surface area contributed by atoms with Gasteiger partial charge in [-0.25, -0.2) is 0 Å². The Morgan fingerprint density at radius 1 is 0.444 bits per heavy atom. The van der Waals surface area contributed by atoms with Gasteiger partial charge in [-0.05, 0) is 88.5 Å². The molecular weight excluding hydrogens is 673 g/mol. The number of nitrogens with zero attached hydrogens (tertiary/aromatic N) is 2. The van der Waals surface area contributed by atoms with Gasteiger partial charge in [-0.3, -0.25) is 0 Å². The van der Waals surface area contributed by atoms with E-state index in [-0.39, 0.29) is 5.41 Å². The fourth-order valence-corrected chi connectivity index (χ4v) is 10.8. The van der Waals surface area contributed by atoms with Crippen LogP contribution in [0.1, 0.15) is 25.0 Å². The lowest BCUT2D eigenvalue weighted by molar-refractivity contribution is 0.661. The highest BCUT2D eigenvalue weighted by Crippen LogP contribution is 2.53. The Morgan fingerprint density at radius 2 is 1.11 bits per heavy atom. The fraction of sp³-hybridized carbons (Fsp3) is 0.0588. The van der Waals surface area contributed by atoms with Crippen molar-refractivity contribution in [2.45, 2.75) is 19.3 Å². The molecular formula is C51H34N2S. The molecule has 0 atom stereocenters. The summed E-state index contributed by atoms with van der Waals surface area (Å²) in [7, 11) is 0. The van der Waals surface area contributed by atoms with Crippen LogP contribution in [0.5, 0.6) is 0 Å². The minimum atomic E-state index is -0.0694. The van der Waals surface area contributed by atoms with Gasteiger partial charge in [0, 0.05) is 58.4 Å². The molecule has 0 spiro atoms. The van der Waals surface area contributed by atoms with E-state index in [4.69, 9.17) is 0 Å². The van der Waals surface area contributed by atoms with Crippen LogP contribution in [0.2, 0.25) is 0 Å². The van der Waals surface area contributed by atoms with E-state index < -0.39 is 0 Å². The maximum absolute atomic E-state index is 2.50. The van der Waals surface area contributed by atoms with Gasteiger partial charge in [-0.15, -0.1) is 11.3 Å². The van der Waals surface area contributed by atoms with Crippen molar-refractivity contribution < 1.29 is 0 Å². The number of hydrogen-bond acceptors (Lipinski definition) is 1. The van der Waals surface area contributed by atoms with Gasteiger partial charge in [0.2, 0.25) is 0 Å². The fourth-order valence-electron chi connectivity index (χ4n) is 9.67. The topological polar surface area (TPSA) is 9.86 Å². The van der Waals surface area contributed by atoms with Crippen LogP contribution in [0.25, 0.3) is 97.4 Å². The molecule has 0 saturated carbocycles. The first-order valence-corrected chi connectivity index (χ1v) is 19.6. The number of thiophene rings is 1. The second-order valence-electron chi connectivity index (χ2n) is 15.3. The molecule has 2 nitrogen and oxygen atoms in total. The highest BCUT2D eigenvalue weighted by Gasteiger charge is 2.37. The summed E-state index contributed by atoms with van der Waals surface area (Å²) < 4.78 is 7.58. The van der Waals surface area contributed by atoms with E-state index in [1.807, 2.05) is 11.3 Å². The molecule has 54 heavy (non-hydrogen) atoms. The second-order valence-corrected chi connectivity index (χ2v) is 16.4. The summed E-state index contributed by atoms with van der Waals surface area (Å²) in [4.78, 5) is 0. The maximum Gasteiger partial charge on any atom is 0.0622 e. The lowest BCUT2D eigenvalue weighted by atomic mass is 9.82. The van der Waals surface area contributed by atoms with Crippen molar-refractivity contribution in [2.24, 2.45) is 0 Å². The molecule has 0 radical (unpaired) electrons. The predicted octanol–water partition coefficient (Wildman–Crippen LogP) is 14.2. The first kappa shape index (κ1) is 30.1. The van der Waals surface area contributed by atoms with Gasteiger partial charge in [0.1, 0.15) is 0 Å². The SMILES string of the molecule is CC1(C)c2ccccc2-c2c1ccc1c3cc(-c4ccc5sc6cccc(-n7c8ccccc8c8ccccc87)c6c5c4)ccc3n(-c3ccccc3)c21. The molecule has 1 aliphatic carbocycles. The summed E-state index contributed by atoms with van der Waals surface area (Å²) in [6.45, 7) is 4.74. The van der Waals surface area contributed by atoms with E-state index >= 15 is 0 Å². The van der Waals surface area contributed by atoms with Crippen LogP contribution in [-0.2, 0) is 5.41 Å². The molecule has 3 heteroatoms.